The van der Waals surface area contributed by atoms with Crippen molar-refractivity contribution in [1.29, 1.82) is 0 Å². The number of esters is 1. The van der Waals surface area contributed by atoms with E-state index in [1.54, 1.807) is 6.92 Å². The zero-order valence-corrected chi connectivity index (χ0v) is 7.82. The molecule has 0 heterocycles. The number of carbonyl (C=O) groups is 1. The Kier molecular flexibility index (Phi) is 20.9. The molecular weight excluding hydrogens is 184 g/mol. The Bertz CT molecular complexity index is 58.0. The third-order valence-corrected chi connectivity index (χ3v) is 0.305. The zero-order chi connectivity index (χ0) is 4.99. The SMILES string of the molecule is [Br-].[CH2-]C(=O)OCC.[Mg+2]. The van der Waals surface area contributed by atoms with Gasteiger partial charge in [0.2, 0.25) is 0 Å². The molecule has 0 bridgehead atoms. The molecule has 0 aliphatic rings. The van der Waals surface area contributed by atoms with Crippen LogP contribution in [0.2, 0.25) is 0 Å². The quantitative estimate of drug-likeness (QED) is 0.251. The Morgan fingerprint density at radius 1 is 1.75 bits per heavy atom. The molecule has 0 aliphatic carbocycles. The van der Waals surface area contributed by atoms with Gasteiger partial charge in [-0.3, -0.25) is 11.7 Å². The topological polar surface area (TPSA) is 26.3 Å². The molecule has 0 aliphatic heterocycles. The van der Waals surface area contributed by atoms with E-state index in [9.17, 15) is 4.79 Å². The van der Waals surface area contributed by atoms with Gasteiger partial charge in [-0.2, -0.15) is 0 Å². The molecular formula is C4H7BrMgO2. The summed E-state index contributed by atoms with van der Waals surface area (Å²) in [5.74, 6) is -0.461. The van der Waals surface area contributed by atoms with Crippen molar-refractivity contribution in [2.24, 2.45) is 0 Å². The summed E-state index contributed by atoms with van der Waals surface area (Å²) in [6, 6.07) is 0. The first-order chi connectivity index (χ1) is 2.77. The summed E-state index contributed by atoms with van der Waals surface area (Å²) in [6.07, 6.45) is 0. The number of hydrogen-bond acceptors (Lipinski definition) is 2. The van der Waals surface area contributed by atoms with E-state index in [1.165, 1.54) is 0 Å². The predicted octanol–water partition coefficient (Wildman–Crippen LogP) is -2.99. The van der Waals surface area contributed by atoms with Gasteiger partial charge in [0.05, 0.1) is 6.61 Å². The third kappa shape index (κ3) is 16.0. The molecule has 0 fully saturated rings. The summed E-state index contributed by atoms with van der Waals surface area (Å²) in [7, 11) is 0. The van der Waals surface area contributed by atoms with Gasteiger partial charge in [-0.1, -0.05) is 0 Å². The molecule has 2 nitrogen and oxygen atoms in total. The molecule has 0 aromatic rings. The van der Waals surface area contributed by atoms with Crippen LogP contribution >= 0.6 is 0 Å². The van der Waals surface area contributed by atoms with Crippen LogP contribution in [0.25, 0.3) is 0 Å². The number of carbonyl (C=O) groups excluding carboxylic acids is 1. The van der Waals surface area contributed by atoms with Crippen LogP contribution in [0.3, 0.4) is 0 Å². The fourth-order valence-corrected chi connectivity index (χ4v) is 0.161. The summed E-state index contributed by atoms with van der Waals surface area (Å²) in [6.45, 7) is 5.13. The van der Waals surface area contributed by atoms with Crippen molar-refractivity contribution in [2.45, 2.75) is 6.92 Å². The third-order valence-electron chi connectivity index (χ3n) is 0.305. The van der Waals surface area contributed by atoms with E-state index in [2.05, 4.69) is 11.7 Å². The molecule has 0 rings (SSSR count). The summed E-state index contributed by atoms with van der Waals surface area (Å²) in [5, 5.41) is 0. The van der Waals surface area contributed by atoms with Crippen molar-refractivity contribution in [1.82, 2.24) is 0 Å². The van der Waals surface area contributed by atoms with Gasteiger partial charge in [0.25, 0.3) is 0 Å². The summed E-state index contributed by atoms with van der Waals surface area (Å²) >= 11 is 0. The van der Waals surface area contributed by atoms with E-state index < -0.39 is 5.97 Å². The molecule has 0 aromatic heterocycles. The largest absolute Gasteiger partial charge is 2.00 e. The molecule has 0 spiro atoms. The van der Waals surface area contributed by atoms with Gasteiger partial charge in [-0.25, -0.2) is 0 Å². The van der Waals surface area contributed by atoms with Gasteiger partial charge in [0.1, 0.15) is 0 Å². The van der Waals surface area contributed by atoms with Gasteiger partial charge in [0.15, 0.2) is 5.97 Å². The maximum atomic E-state index is 9.71. The van der Waals surface area contributed by atoms with E-state index in [-0.39, 0.29) is 40.0 Å². The van der Waals surface area contributed by atoms with Gasteiger partial charge in [-0.05, 0) is 6.92 Å². The smallest absolute Gasteiger partial charge is 1.00 e. The minimum Gasteiger partial charge on any atom is -1.00 e. The first-order valence-electron chi connectivity index (χ1n) is 1.76. The van der Waals surface area contributed by atoms with Crippen molar-refractivity contribution in [3.63, 3.8) is 0 Å². The average molecular weight is 191 g/mol. The molecule has 0 saturated carbocycles. The molecule has 4 heteroatoms. The van der Waals surface area contributed by atoms with Crippen LogP contribution in [-0.4, -0.2) is 35.6 Å². The maximum Gasteiger partial charge on any atom is 2.00 e. The minimum absolute atomic E-state index is 0. The van der Waals surface area contributed by atoms with Crippen molar-refractivity contribution in [2.75, 3.05) is 6.61 Å². The van der Waals surface area contributed by atoms with Crippen molar-refractivity contribution < 1.29 is 26.5 Å². The second-order valence-corrected chi connectivity index (χ2v) is 0.805. The van der Waals surface area contributed by atoms with Crippen molar-refractivity contribution in [3.8, 4) is 0 Å². The van der Waals surface area contributed by atoms with Gasteiger partial charge in [0, 0.05) is 0 Å². The maximum absolute atomic E-state index is 9.71. The van der Waals surface area contributed by atoms with Gasteiger partial charge >= 0.3 is 23.1 Å². The molecule has 8 heavy (non-hydrogen) atoms. The van der Waals surface area contributed by atoms with Crippen LogP contribution in [-0.2, 0) is 9.53 Å². The Labute approximate surface area is 75.9 Å². The van der Waals surface area contributed by atoms with Crippen molar-refractivity contribution in [3.05, 3.63) is 6.92 Å². The number of rotatable bonds is 1. The first-order valence-corrected chi connectivity index (χ1v) is 1.76. The molecule has 0 saturated heterocycles. The Morgan fingerprint density at radius 3 is 2.12 bits per heavy atom. The van der Waals surface area contributed by atoms with Crippen molar-refractivity contribution >= 4 is 29.0 Å². The molecule has 0 amide bonds. The second kappa shape index (κ2) is 10.5. The normalized spacial score (nSPS) is 5.62. The van der Waals surface area contributed by atoms with Crippen LogP contribution in [0.15, 0.2) is 0 Å². The molecule has 0 unspecified atom stereocenters. The fraction of sp³-hybridized carbons (Fsp3) is 0.500. The summed E-state index contributed by atoms with van der Waals surface area (Å²) < 4.78 is 4.29. The van der Waals surface area contributed by atoms with Crippen LogP contribution in [0.5, 0.6) is 0 Å². The Hall–Kier alpha value is 0.586. The predicted molar refractivity (Wildman–Crippen MR) is 27.7 cm³/mol. The van der Waals surface area contributed by atoms with Gasteiger partial charge < -0.3 is 21.7 Å². The molecule has 0 aromatic carbocycles. The fourth-order valence-electron chi connectivity index (χ4n) is 0.161. The minimum atomic E-state index is -0.461. The second-order valence-electron chi connectivity index (χ2n) is 0.805. The molecule has 0 N–H and O–H groups in total. The molecule has 0 radical (unpaired) electrons. The Morgan fingerprint density at radius 2 is 2.12 bits per heavy atom. The van der Waals surface area contributed by atoms with Crippen LogP contribution in [0, 0.1) is 6.92 Å². The summed E-state index contributed by atoms with van der Waals surface area (Å²) in [5.41, 5.74) is 0. The van der Waals surface area contributed by atoms with Crippen LogP contribution in [0.4, 0.5) is 0 Å². The van der Waals surface area contributed by atoms with E-state index >= 15 is 0 Å². The molecule has 0 atom stereocenters. The zero-order valence-electron chi connectivity index (χ0n) is 4.82. The number of ether oxygens (including phenoxy) is 1. The van der Waals surface area contributed by atoms with E-state index in [0.29, 0.717) is 6.61 Å². The van der Waals surface area contributed by atoms with E-state index in [0.717, 1.165) is 0 Å². The van der Waals surface area contributed by atoms with Gasteiger partial charge in [-0.15, -0.1) is 0 Å². The van der Waals surface area contributed by atoms with E-state index in [1.807, 2.05) is 0 Å². The van der Waals surface area contributed by atoms with Crippen LogP contribution in [0.1, 0.15) is 6.92 Å². The molecule has 44 valence electrons. The standard InChI is InChI=1S/C4H7O2.BrH.Mg/c1-3-6-4(2)5;;/h2-3H2,1H3;1H;/q-1;;+2/p-1. The number of halogens is 1. The number of hydrogen-bond donors (Lipinski definition) is 0. The average Bonchev–Trinajstić information content (AvgIpc) is 1.35. The summed E-state index contributed by atoms with van der Waals surface area (Å²) in [4.78, 5) is 9.71. The Balaban J connectivity index is -0.000000125. The monoisotopic (exact) mass is 190 g/mol. The first kappa shape index (κ1) is 15.8. The van der Waals surface area contributed by atoms with Crippen LogP contribution < -0.4 is 17.0 Å². The van der Waals surface area contributed by atoms with E-state index in [4.69, 9.17) is 0 Å².